The Morgan fingerprint density at radius 1 is 1.36 bits per heavy atom. The third-order valence-corrected chi connectivity index (χ3v) is 1.38. The number of rotatable bonds is 3. The summed E-state index contributed by atoms with van der Waals surface area (Å²) < 4.78 is 4.67. The van der Waals surface area contributed by atoms with Crippen molar-refractivity contribution >= 4 is 5.97 Å². The van der Waals surface area contributed by atoms with Crippen LogP contribution in [0, 0.1) is 0 Å². The number of hydrogen-bond acceptors (Lipinski definition) is 3. The lowest BCUT2D eigenvalue weighted by molar-refractivity contribution is -0.139. The highest BCUT2D eigenvalue weighted by Gasteiger charge is 2.05. The molecule has 0 saturated carbocycles. The SMILES string of the molecule is CC(C)=C(C)C(=O)OCCO. The van der Waals surface area contributed by atoms with E-state index in [-0.39, 0.29) is 19.2 Å². The molecule has 0 amide bonds. The summed E-state index contributed by atoms with van der Waals surface area (Å²) in [5, 5.41) is 8.34. The van der Waals surface area contributed by atoms with Crippen LogP contribution < -0.4 is 0 Å². The summed E-state index contributed by atoms with van der Waals surface area (Å²) >= 11 is 0. The van der Waals surface area contributed by atoms with Crippen molar-refractivity contribution in [2.45, 2.75) is 20.8 Å². The monoisotopic (exact) mass is 158 g/mol. The summed E-state index contributed by atoms with van der Waals surface area (Å²) in [5.41, 5.74) is 1.55. The van der Waals surface area contributed by atoms with Gasteiger partial charge in [0.2, 0.25) is 0 Å². The van der Waals surface area contributed by atoms with Crippen LogP contribution >= 0.6 is 0 Å². The van der Waals surface area contributed by atoms with Crippen LogP contribution in [0.25, 0.3) is 0 Å². The Hall–Kier alpha value is -0.830. The van der Waals surface area contributed by atoms with Gasteiger partial charge in [0.25, 0.3) is 0 Å². The van der Waals surface area contributed by atoms with Gasteiger partial charge < -0.3 is 9.84 Å². The molecule has 0 aromatic rings. The third kappa shape index (κ3) is 3.78. The fourth-order valence-corrected chi connectivity index (χ4v) is 0.451. The van der Waals surface area contributed by atoms with E-state index < -0.39 is 0 Å². The maximum atomic E-state index is 11.0. The molecule has 0 bridgehead atoms. The molecule has 0 aliphatic heterocycles. The Morgan fingerprint density at radius 2 is 1.91 bits per heavy atom. The molecule has 0 radical (unpaired) electrons. The average Bonchev–Trinajstić information content (AvgIpc) is 1.98. The van der Waals surface area contributed by atoms with E-state index >= 15 is 0 Å². The van der Waals surface area contributed by atoms with Gasteiger partial charge in [-0.05, 0) is 20.8 Å². The van der Waals surface area contributed by atoms with E-state index in [0.29, 0.717) is 5.57 Å². The summed E-state index contributed by atoms with van der Waals surface area (Å²) in [6, 6.07) is 0. The summed E-state index contributed by atoms with van der Waals surface area (Å²) in [4.78, 5) is 11.0. The highest BCUT2D eigenvalue weighted by Crippen LogP contribution is 2.03. The van der Waals surface area contributed by atoms with Gasteiger partial charge in [0.05, 0.1) is 6.61 Å². The van der Waals surface area contributed by atoms with Gasteiger partial charge in [0.15, 0.2) is 0 Å². The number of aliphatic hydroxyl groups is 1. The van der Waals surface area contributed by atoms with E-state index in [0.717, 1.165) is 5.57 Å². The van der Waals surface area contributed by atoms with Crippen molar-refractivity contribution in [2.24, 2.45) is 0 Å². The van der Waals surface area contributed by atoms with Crippen molar-refractivity contribution in [3.05, 3.63) is 11.1 Å². The van der Waals surface area contributed by atoms with E-state index in [9.17, 15) is 4.79 Å². The highest BCUT2D eigenvalue weighted by atomic mass is 16.5. The van der Waals surface area contributed by atoms with Gasteiger partial charge in [-0.3, -0.25) is 0 Å². The first-order chi connectivity index (χ1) is 5.09. The lowest BCUT2D eigenvalue weighted by atomic mass is 10.2. The molecule has 0 aliphatic carbocycles. The fourth-order valence-electron chi connectivity index (χ4n) is 0.451. The van der Waals surface area contributed by atoms with E-state index in [1.807, 2.05) is 13.8 Å². The molecule has 0 atom stereocenters. The van der Waals surface area contributed by atoms with Crippen LogP contribution in [0.3, 0.4) is 0 Å². The molecule has 1 N–H and O–H groups in total. The number of ether oxygens (including phenoxy) is 1. The highest BCUT2D eigenvalue weighted by molar-refractivity contribution is 5.88. The normalized spacial score (nSPS) is 9.09. The van der Waals surface area contributed by atoms with Crippen molar-refractivity contribution in [1.29, 1.82) is 0 Å². The van der Waals surface area contributed by atoms with Gasteiger partial charge >= 0.3 is 5.97 Å². The van der Waals surface area contributed by atoms with Crippen LogP contribution in [0.15, 0.2) is 11.1 Å². The molecule has 0 unspecified atom stereocenters. The summed E-state index contributed by atoms with van der Waals surface area (Å²) in [6.45, 7) is 5.34. The molecular formula is C8H14O3. The quantitative estimate of drug-likeness (QED) is 0.490. The second kappa shape index (κ2) is 4.91. The topological polar surface area (TPSA) is 46.5 Å². The number of carbonyl (C=O) groups excluding carboxylic acids is 1. The Kier molecular flexibility index (Phi) is 4.54. The van der Waals surface area contributed by atoms with Crippen LogP contribution in [0.1, 0.15) is 20.8 Å². The second-order valence-electron chi connectivity index (χ2n) is 2.48. The predicted octanol–water partition coefficient (Wildman–Crippen LogP) is 0.878. The van der Waals surface area contributed by atoms with Crippen molar-refractivity contribution in [2.75, 3.05) is 13.2 Å². The Balaban J connectivity index is 3.95. The first-order valence-corrected chi connectivity index (χ1v) is 3.51. The minimum absolute atomic E-state index is 0.0729. The van der Waals surface area contributed by atoms with Crippen molar-refractivity contribution < 1.29 is 14.6 Å². The fraction of sp³-hybridized carbons (Fsp3) is 0.625. The summed E-state index contributed by atoms with van der Waals surface area (Å²) in [5.74, 6) is -0.348. The lowest BCUT2D eigenvalue weighted by Crippen LogP contribution is -2.10. The molecule has 0 saturated heterocycles. The van der Waals surface area contributed by atoms with E-state index in [4.69, 9.17) is 5.11 Å². The molecule has 0 aromatic carbocycles. The van der Waals surface area contributed by atoms with Crippen LogP contribution in [0.4, 0.5) is 0 Å². The third-order valence-electron chi connectivity index (χ3n) is 1.38. The van der Waals surface area contributed by atoms with Gasteiger partial charge in [-0.15, -0.1) is 0 Å². The number of allylic oxidation sites excluding steroid dienone is 1. The molecule has 0 aromatic heterocycles. The summed E-state index contributed by atoms with van der Waals surface area (Å²) in [6.07, 6.45) is 0. The zero-order valence-electron chi connectivity index (χ0n) is 7.18. The zero-order chi connectivity index (χ0) is 8.85. The van der Waals surface area contributed by atoms with E-state index in [1.54, 1.807) is 6.92 Å². The molecule has 3 heteroatoms. The maximum Gasteiger partial charge on any atom is 0.333 e. The standard InChI is InChI=1S/C8H14O3/c1-6(2)7(3)8(10)11-5-4-9/h9H,4-5H2,1-3H3. The molecule has 0 heterocycles. The lowest BCUT2D eigenvalue weighted by Gasteiger charge is -2.03. The molecule has 64 valence electrons. The molecule has 0 fully saturated rings. The minimum atomic E-state index is -0.348. The Labute approximate surface area is 66.7 Å². The average molecular weight is 158 g/mol. The molecule has 3 nitrogen and oxygen atoms in total. The molecular weight excluding hydrogens is 144 g/mol. The van der Waals surface area contributed by atoms with Crippen LogP contribution in [-0.4, -0.2) is 24.3 Å². The van der Waals surface area contributed by atoms with Gasteiger partial charge in [-0.1, -0.05) is 5.57 Å². The molecule has 0 spiro atoms. The van der Waals surface area contributed by atoms with Gasteiger partial charge in [-0.2, -0.15) is 0 Å². The zero-order valence-corrected chi connectivity index (χ0v) is 7.18. The maximum absolute atomic E-state index is 11.0. The van der Waals surface area contributed by atoms with Crippen LogP contribution in [-0.2, 0) is 9.53 Å². The predicted molar refractivity (Wildman–Crippen MR) is 42.1 cm³/mol. The smallest absolute Gasteiger partial charge is 0.333 e. The number of esters is 1. The Morgan fingerprint density at radius 3 is 2.27 bits per heavy atom. The van der Waals surface area contributed by atoms with Crippen molar-refractivity contribution in [3.63, 3.8) is 0 Å². The van der Waals surface area contributed by atoms with Crippen LogP contribution in [0.5, 0.6) is 0 Å². The van der Waals surface area contributed by atoms with Gasteiger partial charge in [-0.25, -0.2) is 4.79 Å². The number of carbonyl (C=O) groups is 1. The molecule has 0 rings (SSSR count). The largest absolute Gasteiger partial charge is 0.460 e. The van der Waals surface area contributed by atoms with Crippen molar-refractivity contribution in [3.8, 4) is 0 Å². The number of aliphatic hydroxyl groups excluding tert-OH is 1. The van der Waals surface area contributed by atoms with Gasteiger partial charge in [0, 0.05) is 5.57 Å². The Bertz CT molecular complexity index is 166. The number of hydrogen-bond donors (Lipinski definition) is 1. The molecule has 0 aliphatic rings. The molecule has 11 heavy (non-hydrogen) atoms. The first kappa shape index (κ1) is 10.2. The van der Waals surface area contributed by atoms with E-state index in [2.05, 4.69) is 4.74 Å². The van der Waals surface area contributed by atoms with Gasteiger partial charge in [0.1, 0.15) is 6.61 Å². The minimum Gasteiger partial charge on any atom is -0.460 e. The second-order valence-corrected chi connectivity index (χ2v) is 2.48. The summed E-state index contributed by atoms with van der Waals surface area (Å²) in [7, 11) is 0. The first-order valence-electron chi connectivity index (χ1n) is 3.51. The van der Waals surface area contributed by atoms with Crippen LogP contribution in [0.2, 0.25) is 0 Å². The van der Waals surface area contributed by atoms with E-state index in [1.165, 1.54) is 0 Å². The van der Waals surface area contributed by atoms with Crippen molar-refractivity contribution in [1.82, 2.24) is 0 Å².